The van der Waals surface area contributed by atoms with Crippen molar-refractivity contribution in [3.8, 4) is 22.3 Å². The molecule has 3 nitrogen and oxygen atoms in total. The lowest BCUT2D eigenvalue weighted by Crippen LogP contribution is -1.95. The van der Waals surface area contributed by atoms with Crippen molar-refractivity contribution >= 4 is 27.5 Å². The van der Waals surface area contributed by atoms with Gasteiger partial charge >= 0.3 is 0 Å². The summed E-state index contributed by atoms with van der Waals surface area (Å²) in [6.07, 6.45) is 7.75. The molecule has 0 amide bonds. The summed E-state index contributed by atoms with van der Waals surface area (Å²) < 4.78 is 2.11. The summed E-state index contributed by atoms with van der Waals surface area (Å²) in [5.41, 5.74) is 13.2. The number of hydrogen-bond acceptors (Lipinski definition) is 2. The highest BCUT2D eigenvalue weighted by Gasteiger charge is 2.27. The number of fused-ring (bicyclic) bond motifs is 13. The minimum Gasteiger partial charge on any atom is -0.283 e. The molecule has 3 aromatic heterocycles. The van der Waals surface area contributed by atoms with Crippen molar-refractivity contribution in [2.45, 2.75) is 12.8 Å². The van der Waals surface area contributed by atoms with Crippen LogP contribution in [-0.4, -0.2) is 14.4 Å². The van der Waals surface area contributed by atoms with E-state index in [0.717, 1.165) is 24.1 Å². The van der Waals surface area contributed by atoms with Crippen LogP contribution < -0.4 is 0 Å². The molecule has 3 heterocycles. The fraction of sp³-hybridized carbons (Fsp3) is 0.0714. The first-order valence-electron chi connectivity index (χ1n) is 10.8. The van der Waals surface area contributed by atoms with E-state index in [1.807, 2.05) is 24.7 Å². The zero-order valence-corrected chi connectivity index (χ0v) is 16.8. The van der Waals surface area contributed by atoms with Crippen molar-refractivity contribution < 1.29 is 0 Å². The lowest BCUT2D eigenvalue weighted by atomic mass is 9.96. The maximum Gasteiger partial charge on any atom is 0.146 e. The molecule has 144 valence electrons. The Morgan fingerprint density at radius 3 is 2.39 bits per heavy atom. The second-order valence-corrected chi connectivity index (χ2v) is 8.69. The van der Waals surface area contributed by atoms with E-state index < -0.39 is 0 Å². The SMILES string of the molecule is c1ccc2c(c1)Cc1cc3c(cc1-2)-c1ccc2c(c1C3)c1cccnc1n1ccnc21. The van der Waals surface area contributed by atoms with Gasteiger partial charge in [-0.1, -0.05) is 36.4 Å². The standard InChI is InChI=1S/C28H17N3/c1-2-5-19-16(4-1)12-17-13-18-14-25-20(24(18)15-23(17)19)7-8-22-26(25)21-6-3-9-29-27(21)31-11-10-30-28(22)31/h1-11,13,15H,12,14H2. The van der Waals surface area contributed by atoms with Gasteiger partial charge in [-0.3, -0.25) is 4.40 Å². The maximum atomic E-state index is 4.70. The smallest absolute Gasteiger partial charge is 0.146 e. The first-order valence-corrected chi connectivity index (χ1v) is 10.8. The molecule has 8 rings (SSSR count). The molecule has 2 aliphatic rings. The lowest BCUT2D eigenvalue weighted by Gasteiger charge is -2.11. The number of pyridine rings is 2. The quantitative estimate of drug-likeness (QED) is 0.287. The van der Waals surface area contributed by atoms with Crippen molar-refractivity contribution in [2.75, 3.05) is 0 Å². The van der Waals surface area contributed by atoms with Crippen LogP contribution in [0.1, 0.15) is 22.3 Å². The van der Waals surface area contributed by atoms with Gasteiger partial charge in [0.25, 0.3) is 0 Å². The summed E-state index contributed by atoms with van der Waals surface area (Å²) in [7, 11) is 0. The predicted octanol–water partition coefficient (Wildman–Crippen LogP) is 6.18. The van der Waals surface area contributed by atoms with Crippen molar-refractivity contribution in [2.24, 2.45) is 0 Å². The zero-order chi connectivity index (χ0) is 20.1. The fourth-order valence-electron chi connectivity index (χ4n) is 5.86. The van der Waals surface area contributed by atoms with E-state index in [9.17, 15) is 0 Å². The monoisotopic (exact) mass is 395 g/mol. The zero-order valence-electron chi connectivity index (χ0n) is 16.8. The number of aromatic nitrogens is 3. The highest BCUT2D eigenvalue weighted by Crippen LogP contribution is 2.47. The highest BCUT2D eigenvalue weighted by molar-refractivity contribution is 6.15. The van der Waals surface area contributed by atoms with Crippen LogP contribution in [0.15, 0.2) is 79.3 Å². The van der Waals surface area contributed by atoms with Crippen molar-refractivity contribution in [3.63, 3.8) is 0 Å². The van der Waals surface area contributed by atoms with E-state index >= 15 is 0 Å². The van der Waals surface area contributed by atoms with E-state index in [1.54, 1.807) is 0 Å². The number of rotatable bonds is 0. The molecule has 2 aliphatic carbocycles. The minimum absolute atomic E-state index is 0.965. The van der Waals surface area contributed by atoms with E-state index in [-0.39, 0.29) is 0 Å². The van der Waals surface area contributed by atoms with Gasteiger partial charge in [-0.2, -0.15) is 0 Å². The Bertz CT molecular complexity index is 1740. The van der Waals surface area contributed by atoms with Gasteiger partial charge < -0.3 is 0 Å². The molecule has 0 spiro atoms. The van der Waals surface area contributed by atoms with Crippen LogP contribution in [0.25, 0.3) is 49.7 Å². The molecule has 0 bridgehead atoms. The summed E-state index contributed by atoms with van der Waals surface area (Å²) in [5, 5.41) is 3.71. The molecule has 0 radical (unpaired) electrons. The molecule has 0 fully saturated rings. The Hall–Kier alpha value is -3.98. The summed E-state index contributed by atoms with van der Waals surface area (Å²) >= 11 is 0. The lowest BCUT2D eigenvalue weighted by molar-refractivity contribution is 1.20. The normalized spacial score (nSPS) is 13.5. The molecule has 6 aromatic rings. The van der Waals surface area contributed by atoms with Crippen LogP contribution in [0.5, 0.6) is 0 Å². The molecular formula is C28H17N3. The molecule has 0 saturated carbocycles. The molecule has 0 saturated heterocycles. The number of benzene rings is 3. The van der Waals surface area contributed by atoms with Gasteiger partial charge in [-0.15, -0.1) is 0 Å². The van der Waals surface area contributed by atoms with Crippen LogP contribution in [0, 0.1) is 0 Å². The molecular weight excluding hydrogens is 378 g/mol. The summed E-state index contributed by atoms with van der Waals surface area (Å²) in [5.74, 6) is 0. The molecule has 3 aromatic carbocycles. The van der Waals surface area contributed by atoms with Crippen LogP contribution >= 0.6 is 0 Å². The fourth-order valence-corrected chi connectivity index (χ4v) is 5.86. The number of nitrogens with zero attached hydrogens (tertiary/aromatic N) is 3. The van der Waals surface area contributed by atoms with Crippen molar-refractivity contribution in [1.82, 2.24) is 14.4 Å². The summed E-state index contributed by atoms with van der Waals surface area (Å²) in [4.78, 5) is 9.38. The molecule has 0 unspecified atom stereocenters. The third kappa shape index (κ3) is 1.89. The summed E-state index contributed by atoms with van der Waals surface area (Å²) in [6.45, 7) is 0. The Labute approximate surface area is 178 Å². The average molecular weight is 395 g/mol. The van der Waals surface area contributed by atoms with Gasteiger partial charge in [-0.25, -0.2) is 9.97 Å². The first kappa shape index (κ1) is 15.8. The van der Waals surface area contributed by atoms with Gasteiger partial charge in [0.1, 0.15) is 11.3 Å². The van der Waals surface area contributed by atoms with E-state index in [2.05, 4.69) is 64.0 Å². The van der Waals surface area contributed by atoms with Crippen LogP contribution in [0.2, 0.25) is 0 Å². The molecule has 3 heteroatoms. The topological polar surface area (TPSA) is 30.2 Å². The Morgan fingerprint density at radius 1 is 0.613 bits per heavy atom. The number of hydrogen-bond donors (Lipinski definition) is 0. The second kappa shape index (κ2) is 5.38. The highest BCUT2D eigenvalue weighted by atomic mass is 15.0. The molecule has 0 aliphatic heterocycles. The Kier molecular flexibility index (Phi) is 2.74. The Balaban J connectivity index is 1.47. The number of imidazole rings is 1. The van der Waals surface area contributed by atoms with Gasteiger partial charge in [0, 0.05) is 34.7 Å². The van der Waals surface area contributed by atoms with Gasteiger partial charge in [0.2, 0.25) is 0 Å². The molecule has 31 heavy (non-hydrogen) atoms. The van der Waals surface area contributed by atoms with Crippen LogP contribution in [0.3, 0.4) is 0 Å². The van der Waals surface area contributed by atoms with Crippen molar-refractivity contribution in [3.05, 3.63) is 102 Å². The van der Waals surface area contributed by atoms with Crippen molar-refractivity contribution in [1.29, 1.82) is 0 Å². The van der Waals surface area contributed by atoms with E-state index in [4.69, 9.17) is 4.98 Å². The third-order valence-electron chi connectivity index (χ3n) is 7.15. The third-order valence-corrected chi connectivity index (χ3v) is 7.15. The van der Waals surface area contributed by atoms with Crippen LogP contribution in [0.4, 0.5) is 0 Å². The molecule has 0 atom stereocenters. The van der Waals surface area contributed by atoms with Crippen LogP contribution in [-0.2, 0) is 12.8 Å². The Morgan fingerprint density at radius 2 is 1.42 bits per heavy atom. The average Bonchev–Trinajstić information content (AvgIpc) is 3.52. The van der Waals surface area contributed by atoms with Gasteiger partial charge in [-0.05, 0) is 81.6 Å². The van der Waals surface area contributed by atoms with E-state index in [0.29, 0.717) is 0 Å². The first-order chi connectivity index (χ1) is 15.4. The summed E-state index contributed by atoms with van der Waals surface area (Å²) in [6, 6.07) is 22.5. The van der Waals surface area contributed by atoms with Gasteiger partial charge in [0.05, 0.1) is 0 Å². The van der Waals surface area contributed by atoms with Gasteiger partial charge in [0.15, 0.2) is 0 Å². The predicted molar refractivity (Wildman–Crippen MR) is 124 cm³/mol. The second-order valence-electron chi connectivity index (χ2n) is 8.69. The molecule has 0 N–H and O–H groups in total. The maximum absolute atomic E-state index is 4.70. The minimum atomic E-state index is 0.965. The van der Waals surface area contributed by atoms with E-state index in [1.165, 1.54) is 60.7 Å². The largest absolute Gasteiger partial charge is 0.283 e.